The predicted molar refractivity (Wildman–Crippen MR) is 293 cm³/mol. The van der Waals surface area contributed by atoms with Crippen LogP contribution in [0.2, 0.25) is 0 Å². The van der Waals surface area contributed by atoms with Gasteiger partial charge in [-0.25, -0.2) is 0 Å². The molecule has 0 aliphatic heterocycles. The Morgan fingerprint density at radius 2 is 0.627 bits per heavy atom. The second-order valence-electron chi connectivity index (χ2n) is 27.5. The number of fused-ring (bicyclic) bond motifs is 4. The number of benzene rings is 5. The fourth-order valence-electron chi connectivity index (χ4n) is 9.91. The number of nitrogens with zero attached hydrogens (tertiary/aromatic N) is 2. The van der Waals surface area contributed by atoms with Gasteiger partial charge < -0.3 is 9.13 Å². The van der Waals surface area contributed by atoms with Crippen LogP contribution in [0.1, 0.15) is 210 Å². The van der Waals surface area contributed by atoms with Crippen LogP contribution in [0.15, 0.2) is 82.4 Å². The zero-order valence-corrected chi connectivity index (χ0v) is 45.7. The van der Waals surface area contributed by atoms with Crippen molar-refractivity contribution in [3.8, 4) is 11.4 Å². The van der Waals surface area contributed by atoms with E-state index in [0.717, 1.165) is 44.6 Å². The lowest BCUT2D eigenvalue weighted by molar-refractivity contribution is 0.544. The van der Waals surface area contributed by atoms with E-state index in [2.05, 4.69) is 235 Å². The molecule has 4 nitrogen and oxygen atoms in total. The van der Waals surface area contributed by atoms with Crippen molar-refractivity contribution < 1.29 is 0 Å². The molecule has 0 atom stereocenters. The largest absolute Gasteiger partial charge is 0.308 e. The van der Waals surface area contributed by atoms with Gasteiger partial charge in [0.25, 0.3) is 0 Å². The van der Waals surface area contributed by atoms with Crippen molar-refractivity contribution in [2.45, 2.75) is 203 Å². The summed E-state index contributed by atoms with van der Waals surface area (Å²) in [7, 11) is 0. The normalized spacial score (nSPS) is 13.9. The summed E-state index contributed by atoms with van der Waals surface area (Å²) in [5.74, 6) is 0.239. The van der Waals surface area contributed by atoms with Crippen LogP contribution in [0.25, 0.3) is 55.0 Å². The van der Waals surface area contributed by atoms with Crippen LogP contribution in [0, 0.1) is 0 Å². The topological polar surface area (TPSA) is 44.0 Å². The Kier molecular flexibility index (Phi) is 11.8. The highest BCUT2D eigenvalue weighted by Gasteiger charge is 2.35. The molecule has 0 aliphatic carbocycles. The highest BCUT2D eigenvalue weighted by molar-refractivity contribution is 6.06. The van der Waals surface area contributed by atoms with Gasteiger partial charge in [-0.1, -0.05) is 196 Å². The third kappa shape index (κ3) is 8.85. The fraction of sp³-hybridized carbons (Fsp3) is 0.492. The molecule has 0 radical (unpaired) electrons. The molecular weight excluding hydrogens is 817 g/mol. The first-order valence-corrected chi connectivity index (χ1v) is 24.9. The van der Waals surface area contributed by atoms with Crippen molar-refractivity contribution in [2.24, 2.45) is 0 Å². The molecule has 0 saturated carbocycles. The van der Waals surface area contributed by atoms with Gasteiger partial charge in [-0.05, 0) is 125 Å². The zero-order valence-electron chi connectivity index (χ0n) is 45.7. The number of rotatable bonds is 3. The molecule has 0 aliphatic rings. The number of hydrogen-bond donors (Lipinski definition) is 0. The molecule has 2 heterocycles. The van der Waals surface area contributed by atoms with E-state index in [1.807, 2.05) is 6.07 Å². The van der Waals surface area contributed by atoms with Gasteiger partial charge in [-0.2, -0.15) is 0 Å². The van der Waals surface area contributed by atoms with E-state index in [-0.39, 0.29) is 54.7 Å². The van der Waals surface area contributed by atoms with Gasteiger partial charge in [0.15, 0.2) is 10.9 Å². The first-order valence-electron chi connectivity index (χ1n) is 24.9. The Balaban J connectivity index is 1.88. The number of aromatic nitrogens is 2. The Bertz CT molecular complexity index is 3190. The van der Waals surface area contributed by atoms with Gasteiger partial charge in [0.05, 0.1) is 33.4 Å². The summed E-state index contributed by atoms with van der Waals surface area (Å²) < 4.78 is 4.75. The van der Waals surface area contributed by atoms with Crippen molar-refractivity contribution in [3.63, 3.8) is 0 Å². The lowest BCUT2D eigenvalue weighted by Gasteiger charge is -2.36. The Morgan fingerprint density at radius 1 is 0.328 bits per heavy atom. The van der Waals surface area contributed by atoms with Gasteiger partial charge in [-0.15, -0.1) is 0 Å². The van der Waals surface area contributed by atoms with Gasteiger partial charge in [0.1, 0.15) is 0 Å². The average Bonchev–Trinajstić information content (AvgIpc) is 3.17. The highest BCUT2D eigenvalue weighted by atomic mass is 16.1. The van der Waals surface area contributed by atoms with Crippen LogP contribution in [0.4, 0.5) is 0 Å². The molecule has 4 heteroatoms. The summed E-state index contributed by atoms with van der Waals surface area (Å²) in [4.78, 5) is 31.3. The predicted octanol–water partition coefficient (Wildman–Crippen LogP) is 16.8. The summed E-state index contributed by atoms with van der Waals surface area (Å²) in [5.41, 5.74) is 13.5. The smallest absolute Gasteiger partial charge is 0.197 e. The molecule has 0 spiro atoms. The van der Waals surface area contributed by atoms with Gasteiger partial charge in [0.2, 0.25) is 0 Å². The van der Waals surface area contributed by atoms with Gasteiger partial charge >= 0.3 is 0 Å². The summed E-state index contributed by atoms with van der Waals surface area (Å²) >= 11 is 0. The summed E-state index contributed by atoms with van der Waals surface area (Å²) in [6.45, 7) is 52.5. The standard InChI is InChI=1S/C63H82N2O2/c1-36(2)37-24-26-41-49(28-37)64(53-45(60(12,13)14)29-39(58(6,7)8)30-46(53)61(15,16)17)51-34-44-52(35-43(51)55(41)66)65(50-33-38(57(3,4)5)25-27-42(50)56(44)67)54-47(62(18,19)20)31-40(59(9,10)11)32-48(54)63(21,22)23/h24-36H,1-23H3. The molecule has 0 amide bonds. The first kappa shape index (κ1) is 49.9. The molecule has 0 unspecified atom stereocenters. The minimum absolute atomic E-state index is 0.0305. The Morgan fingerprint density at radius 3 is 0.925 bits per heavy atom. The van der Waals surface area contributed by atoms with Crippen LogP contribution < -0.4 is 10.9 Å². The van der Waals surface area contributed by atoms with E-state index in [4.69, 9.17) is 0 Å². The fourth-order valence-corrected chi connectivity index (χ4v) is 9.91. The van der Waals surface area contributed by atoms with Crippen molar-refractivity contribution >= 4 is 43.6 Å². The molecule has 67 heavy (non-hydrogen) atoms. The zero-order chi connectivity index (χ0) is 50.3. The number of pyridine rings is 2. The van der Waals surface area contributed by atoms with Crippen molar-refractivity contribution in [1.82, 2.24) is 9.13 Å². The molecule has 2 aromatic heterocycles. The lowest BCUT2D eigenvalue weighted by Crippen LogP contribution is -2.27. The van der Waals surface area contributed by atoms with E-state index in [0.29, 0.717) is 21.5 Å². The average molecular weight is 899 g/mol. The maximum absolute atomic E-state index is 15.7. The first-order chi connectivity index (χ1) is 30.3. The van der Waals surface area contributed by atoms with Crippen LogP contribution in [0.3, 0.4) is 0 Å². The second kappa shape index (κ2) is 15.8. The van der Waals surface area contributed by atoms with E-state index < -0.39 is 0 Å². The summed E-state index contributed by atoms with van der Waals surface area (Å²) in [6, 6.07) is 26.6. The van der Waals surface area contributed by atoms with Gasteiger partial charge in [0, 0.05) is 21.5 Å². The third-order valence-electron chi connectivity index (χ3n) is 14.2. The molecule has 7 aromatic rings. The van der Waals surface area contributed by atoms with Crippen LogP contribution >= 0.6 is 0 Å². The van der Waals surface area contributed by atoms with E-state index in [1.54, 1.807) is 0 Å². The lowest BCUT2D eigenvalue weighted by atomic mass is 9.73. The molecular formula is C63H82N2O2. The molecule has 0 saturated heterocycles. The number of hydrogen-bond acceptors (Lipinski definition) is 2. The maximum atomic E-state index is 15.7. The van der Waals surface area contributed by atoms with Crippen LogP contribution in [-0.2, 0) is 37.9 Å². The molecule has 0 fully saturated rings. The third-order valence-corrected chi connectivity index (χ3v) is 14.2. The summed E-state index contributed by atoms with van der Waals surface area (Å²) in [6.07, 6.45) is 0. The highest BCUT2D eigenvalue weighted by Crippen LogP contribution is 2.46. The van der Waals surface area contributed by atoms with Crippen LogP contribution in [-0.4, -0.2) is 9.13 Å². The Labute approximate surface area is 403 Å². The van der Waals surface area contributed by atoms with E-state index in [1.165, 1.54) is 33.4 Å². The minimum Gasteiger partial charge on any atom is -0.308 e. The SMILES string of the molecule is CC(C)c1ccc2c(=O)c3cc4c(cc3n(-c3c(C(C)(C)C)cc(C(C)(C)C)cc3C(C)(C)C)c2c1)c(=O)c1ccc(C(C)(C)C)cc1n4-c1c(C(C)(C)C)cc(C(C)(C)C)cc1C(C)(C)C. The molecule has 7 rings (SSSR count). The van der Waals surface area contributed by atoms with Crippen molar-refractivity contribution in [1.29, 1.82) is 0 Å². The van der Waals surface area contributed by atoms with Crippen LogP contribution in [0.5, 0.6) is 0 Å². The Hall–Kier alpha value is -4.96. The minimum atomic E-state index is -0.278. The van der Waals surface area contributed by atoms with Gasteiger partial charge in [-0.3, -0.25) is 9.59 Å². The monoisotopic (exact) mass is 899 g/mol. The second-order valence-corrected chi connectivity index (χ2v) is 27.5. The van der Waals surface area contributed by atoms with Crippen molar-refractivity contribution in [3.05, 3.63) is 138 Å². The molecule has 5 aromatic carbocycles. The van der Waals surface area contributed by atoms with E-state index in [9.17, 15) is 0 Å². The maximum Gasteiger partial charge on any atom is 0.197 e. The molecule has 0 N–H and O–H groups in total. The quantitative estimate of drug-likeness (QED) is 0.166. The van der Waals surface area contributed by atoms with E-state index >= 15 is 9.59 Å². The summed E-state index contributed by atoms with van der Waals surface area (Å²) in [5, 5.41) is 2.52. The molecule has 356 valence electrons. The molecule has 0 bridgehead atoms. The van der Waals surface area contributed by atoms with Crippen molar-refractivity contribution in [2.75, 3.05) is 0 Å².